The van der Waals surface area contributed by atoms with E-state index in [1.165, 1.54) is 12.1 Å². The number of nitrogens with zero attached hydrogens (tertiary/aromatic N) is 2. The zero-order chi connectivity index (χ0) is 14.3. The van der Waals surface area contributed by atoms with Crippen LogP contribution in [0.1, 0.15) is 0 Å². The van der Waals surface area contributed by atoms with Crippen molar-refractivity contribution in [3.05, 3.63) is 46.0 Å². The molecule has 0 fully saturated rings. The van der Waals surface area contributed by atoms with Crippen LogP contribution in [0.2, 0.25) is 0 Å². The Bertz CT molecular complexity index is 761. The normalized spacial score (nSPS) is 10.9. The topological polar surface area (TPSA) is 43.8 Å². The minimum Gasteiger partial charge on any atom is -0.383 e. The van der Waals surface area contributed by atoms with Crippen molar-refractivity contribution in [1.82, 2.24) is 9.78 Å². The van der Waals surface area contributed by atoms with Crippen molar-refractivity contribution >= 4 is 33.1 Å². The largest absolute Gasteiger partial charge is 0.383 e. The maximum Gasteiger partial charge on any atom is 0.129 e. The van der Waals surface area contributed by atoms with Crippen molar-refractivity contribution in [2.75, 3.05) is 5.73 Å². The summed E-state index contributed by atoms with van der Waals surface area (Å²) in [7, 11) is 1.80. The molecular weight excluding hydrogens is 341 g/mol. The molecule has 0 spiro atoms. The molecule has 20 heavy (non-hydrogen) atoms. The third-order valence-corrected chi connectivity index (χ3v) is 4.90. The lowest BCUT2D eigenvalue weighted by Gasteiger charge is -2.03. The van der Waals surface area contributed by atoms with Gasteiger partial charge in [0, 0.05) is 11.5 Å². The lowest BCUT2D eigenvalue weighted by atomic mass is 10.0. The second kappa shape index (κ2) is 5.03. The summed E-state index contributed by atoms with van der Waals surface area (Å²) < 4.78 is 15.7. The predicted molar refractivity (Wildman–Crippen MR) is 84.0 cm³/mol. The van der Waals surface area contributed by atoms with Gasteiger partial charge in [-0.1, -0.05) is 12.1 Å². The number of rotatable bonds is 2. The number of anilines is 1. The highest BCUT2D eigenvalue weighted by molar-refractivity contribution is 9.10. The third kappa shape index (κ3) is 2.14. The molecule has 0 atom stereocenters. The zero-order valence-corrected chi connectivity index (χ0v) is 13.0. The molecule has 0 radical (unpaired) electrons. The molecule has 0 bridgehead atoms. The second-order valence-electron chi connectivity index (χ2n) is 4.34. The van der Waals surface area contributed by atoms with Crippen LogP contribution < -0.4 is 5.73 Å². The number of halogens is 2. The Morgan fingerprint density at radius 1 is 1.25 bits per heavy atom. The first-order valence-electron chi connectivity index (χ1n) is 5.89. The van der Waals surface area contributed by atoms with E-state index in [2.05, 4.69) is 21.0 Å². The highest BCUT2D eigenvalue weighted by Crippen LogP contribution is 2.41. The summed E-state index contributed by atoms with van der Waals surface area (Å²) in [6.45, 7) is 0. The molecule has 2 heterocycles. The van der Waals surface area contributed by atoms with Gasteiger partial charge in [-0.3, -0.25) is 4.68 Å². The predicted octanol–water partition coefficient (Wildman–Crippen LogP) is 4.30. The number of hydrogen-bond donors (Lipinski definition) is 1. The van der Waals surface area contributed by atoms with Crippen molar-refractivity contribution in [2.24, 2.45) is 7.05 Å². The van der Waals surface area contributed by atoms with Crippen LogP contribution in [0.5, 0.6) is 0 Å². The summed E-state index contributed by atoms with van der Waals surface area (Å²) >= 11 is 5.10. The molecule has 2 aromatic heterocycles. The molecule has 0 unspecified atom stereocenters. The number of thiophene rings is 1. The summed E-state index contributed by atoms with van der Waals surface area (Å²) in [6.07, 6.45) is 0. The standard InChI is InChI=1S/C14H11BrFN3S/c1-19-14(17)11(8-2-4-9(16)5-3-8)12(18-19)13-10(15)6-7-20-13/h2-7H,17H2,1H3. The summed E-state index contributed by atoms with van der Waals surface area (Å²) in [6, 6.07) is 8.25. The van der Waals surface area contributed by atoms with Crippen LogP contribution in [-0.2, 0) is 7.05 Å². The monoisotopic (exact) mass is 351 g/mol. The Hall–Kier alpha value is -1.66. The highest BCUT2D eigenvalue weighted by atomic mass is 79.9. The number of aromatic nitrogens is 2. The van der Waals surface area contributed by atoms with Crippen LogP contribution in [-0.4, -0.2) is 9.78 Å². The quantitative estimate of drug-likeness (QED) is 0.747. The van der Waals surface area contributed by atoms with E-state index < -0.39 is 0 Å². The van der Waals surface area contributed by atoms with Crippen molar-refractivity contribution in [2.45, 2.75) is 0 Å². The van der Waals surface area contributed by atoms with Gasteiger partial charge in [-0.05, 0) is 45.1 Å². The van der Waals surface area contributed by atoms with E-state index in [-0.39, 0.29) is 5.82 Å². The van der Waals surface area contributed by atoms with Crippen molar-refractivity contribution in [1.29, 1.82) is 0 Å². The van der Waals surface area contributed by atoms with Gasteiger partial charge >= 0.3 is 0 Å². The van der Waals surface area contributed by atoms with Crippen molar-refractivity contribution < 1.29 is 4.39 Å². The summed E-state index contributed by atoms with van der Waals surface area (Å²) in [5, 5.41) is 6.48. The van der Waals surface area contributed by atoms with Crippen LogP contribution in [0.25, 0.3) is 21.7 Å². The smallest absolute Gasteiger partial charge is 0.129 e. The first-order chi connectivity index (χ1) is 9.58. The lowest BCUT2D eigenvalue weighted by molar-refractivity contribution is 0.628. The number of hydrogen-bond acceptors (Lipinski definition) is 3. The molecule has 3 aromatic rings. The first kappa shape index (κ1) is 13.3. The molecule has 2 N–H and O–H groups in total. The lowest BCUT2D eigenvalue weighted by Crippen LogP contribution is -1.97. The van der Waals surface area contributed by atoms with Gasteiger partial charge in [0.2, 0.25) is 0 Å². The fourth-order valence-electron chi connectivity index (χ4n) is 2.06. The van der Waals surface area contributed by atoms with Gasteiger partial charge in [0.25, 0.3) is 0 Å². The molecule has 0 aliphatic rings. The van der Waals surface area contributed by atoms with E-state index in [1.807, 2.05) is 11.4 Å². The van der Waals surface area contributed by atoms with Gasteiger partial charge in [-0.25, -0.2) is 4.39 Å². The van der Waals surface area contributed by atoms with Crippen LogP contribution in [0, 0.1) is 5.82 Å². The average molecular weight is 352 g/mol. The molecule has 102 valence electrons. The van der Waals surface area contributed by atoms with Crippen LogP contribution >= 0.6 is 27.3 Å². The first-order valence-corrected chi connectivity index (χ1v) is 7.57. The minimum absolute atomic E-state index is 0.268. The van der Waals surface area contributed by atoms with E-state index in [4.69, 9.17) is 5.73 Å². The van der Waals surface area contributed by atoms with E-state index in [1.54, 1.807) is 35.2 Å². The Kier molecular flexibility index (Phi) is 3.35. The Balaban J connectivity index is 2.25. The number of nitrogens with two attached hydrogens (primary N) is 1. The van der Waals surface area contributed by atoms with Gasteiger partial charge in [0.05, 0.1) is 10.4 Å². The number of aryl methyl sites for hydroxylation is 1. The Labute approximate surface area is 128 Å². The Morgan fingerprint density at radius 2 is 1.95 bits per heavy atom. The summed E-state index contributed by atoms with van der Waals surface area (Å²) in [4.78, 5) is 1.01. The molecule has 1 aromatic carbocycles. The fraction of sp³-hybridized carbons (Fsp3) is 0.0714. The molecule has 3 nitrogen and oxygen atoms in total. The average Bonchev–Trinajstić information content (AvgIpc) is 2.96. The second-order valence-corrected chi connectivity index (χ2v) is 6.11. The zero-order valence-electron chi connectivity index (χ0n) is 10.6. The van der Waals surface area contributed by atoms with Gasteiger partial charge in [0.15, 0.2) is 0 Å². The Morgan fingerprint density at radius 3 is 2.55 bits per heavy atom. The van der Waals surface area contributed by atoms with Gasteiger partial charge < -0.3 is 5.73 Å². The molecule has 0 saturated carbocycles. The molecule has 0 amide bonds. The van der Waals surface area contributed by atoms with E-state index in [0.717, 1.165) is 26.2 Å². The van der Waals surface area contributed by atoms with Crippen molar-refractivity contribution in [3.8, 4) is 21.7 Å². The van der Waals surface area contributed by atoms with Crippen molar-refractivity contribution in [3.63, 3.8) is 0 Å². The molecular formula is C14H11BrFN3S. The van der Waals surface area contributed by atoms with Crippen LogP contribution in [0.4, 0.5) is 10.2 Å². The van der Waals surface area contributed by atoms with Crippen LogP contribution in [0.3, 0.4) is 0 Å². The van der Waals surface area contributed by atoms with Gasteiger partial charge in [-0.15, -0.1) is 11.3 Å². The molecule has 6 heteroatoms. The van der Waals surface area contributed by atoms with Gasteiger partial charge in [-0.2, -0.15) is 5.10 Å². The van der Waals surface area contributed by atoms with Crippen LogP contribution in [0.15, 0.2) is 40.2 Å². The highest BCUT2D eigenvalue weighted by Gasteiger charge is 2.19. The summed E-state index contributed by atoms with van der Waals surface area (Å²) in [5.41, 5.74) is 8.61. The molecule has 3 rings (SSSR count). The molecule has 0 aliphatic carbocycles. The SMILES string of the molecule is Cn1nc(-c2sccc2Br)c(-c2ccc(F)cc2)c1N. The van der Waals surface area contributed by atoms with E-state index in [0.29, 0.717) is 5.82 Å². The molecule has 0 saturated heterocycles. The van der Waals surface area contributed by atoms with E-state index >= 15 is 0 Å². The van der Waals surface area contributed by atoms with Gasteiger partial charge in [0.1, 0.15) is 17.3 Å². The maximum atomic E-state index is 13.1. The maximum absolute atomic E-state index is 13.1. The van der Waals surface area contributed by atoms with E-state index in [9.17, 15) is 4.39 Å². The molecule has 0 aliphatic heterocycles. The summed E-state index contributed by atoms with van der Waals surface area (Å²) in [5.74, 6) is 0.293. The third-order valence-electron chi connectivity index (χ3n) is 3.06. The number of benzene rings is 1. The fourth-order valence-corrected chi connectivity index (χ4v) is 3.61. The number of nitrogen functional groups attached to an aromatic ring is 1. The minimum atomic E-state index is -0.268.